The van der Waals surface area contributed by atoms with Crippen LogP contribution in [0.25, 0.3) is 22.4 Å². The molecule has 0 bridgehead atoms. The van der Waals surface area contributed by atoms with E-state index in [0.717, 1.165) is 0 Å². The lowest BCUT2D eigenvalue weighted by Gasteiger charge is -2.26. The number of carbonyl (C=O) groups excluding carboxylic acids is 1. The molecule has 1 aliphatic heterocycles. The van der Waals surface area contributed by atoms with Gasteiger partial charge in [-0.15, -0.1) is 0 Å². The maximum absolute atomic E-state index is 13.3. The number of para-hydroxylation sites is 2. The second-order valence-corrected chi connectivity index (χ2v) is 7.22. The number of benzene rings is 2. The maximum atomic E-state index is 13.3. The van der Waals surface area contributed by atoms with Gasteiger partial charge in [-0.05, 0) is 49.4 Å². The molecule has 1 atom stereocenters. The average molecular weight is 419 g/mol. The maximum Gasteiger partial charge on any atom is 0.259 e. The Kier molecular flexibility index (Phi) is 4.74. The van der Waals surface area contributed by atoms with Crippen molar-refractivity contribution in [2.45, 2.75) is 13.0 Å². The highest BCUT2D eigenvalue weighted by Gasteiger charge is 2.23. The third-order valence-corrected chi connectivity index (χ3v) is 5.06. The SMILES string of the molecule is Cc1noc2nc(-c3ccc(F)cc3)cc(C(=O)NC[C@@H]3COc4ccccc4O3)c12. The van der Waals surface area contributed by atoms with Gasteiger partial charge in [0.25, 0.3) is 11.6 Å². The van der Waals surface area contributed by atoms with Crippen molar-refractivity contribution in [2.24, 2.45) is 0 Å². The zero-order valence-corrected chi connectivity index (χ0v) is 16.6. The Hall–Kier alpha value is -3.94. The number of carbonyl (C=O) groups is 1. The number of ether oxygens (including phenoxy) is 2. The summed E-state index contributed by atoms with van der Waals surface area (Å²) in [6.07, 6.45) is -0.323. The van der Waals surface area contributed by atoms with Gasteiger partial charge in [-0.1, -0.05) is 17.3 Å². The highest BCUT2D eigenvalue weighted by atomic mass is 19.1. The number of hydrogen-bond donors (Lipinski definition) is 1. The van der Waals surface area contributed by atoms with Gasteiger partial charge in [-0.3, -0.25) is 4.79 Å². The van der Waals surface area contributed by atoms with E-state index in [-0.39, 0.29) is 30.1 Å². The number of fused-ring (bicyclic) bond motifs is 2. The van der Waals surface area contributed by atoms with Crippen molar-refractivity contribution in [3.8, 4) is 22.8 Å². The van der Waals surface area contributed by atoms with Crippen LogP contribution in [0.3, 0.4) is 0 Å². The number of rotatable bonds is 4. The first kappa shape index (κ1) is 19.0. The first-order valence-corrected chi connectivity index (χ1v) is 9.78. The molecular weight excluding hydrogens is 401 g/mol. The van der Waals surface area contributed by atoms with Crippen molar-refractivity contribution in [1.29, 1.82) is 0 Å². The van der Waals surface area contributed by atoms with Gasteiger partial charge in [-0.25, -0.2) is 9.37 Å². The molecule has 0 saturated heterocycles. The van der Waals surface area contributed by atoms with E-state index in [0.29, 0.717) is 46.0 Å². The Balaban J connectivity index is 1.40. The molecule has 4 aromatic rings. The largest absolute Gasteiger partial charge is 0.486 e. The number of pyridine rings is 1. The van der Waals surface area contributed by atoms with E-state index in [1.165, 1.54) is 12.1 Å². The van der Waals surface area contributed by atoms with Gasteiger partial charge in [0.15, 0.2) is 11.5 Å². The van der Waals surface area contributed by atoms with Crippen LogP contribution in [0, 0.1) is 12.7 Å². The smallest absolute Gasteiger partial charge is 0.259 e. The molecule has 1 N–H and O–H groups in total. The van der Waals surface area contributed by atoms with Crippen LogP contribution in [0.4, 0.5) is 4.39 Å². The second kappa shape index (κ2) is 7.71. The zero-order valence-electron chi connectivity index (χ0n) is 16.6. The van der Waals surface area contributed by atoms with Gasteiger partial charge >= 0.3 is 0 Å². The van der Waals surface area contributed by atoms with E-state index >= 15 is 0 Å². The predicted molar refractivity (Wildman–Crippen MR) is 111 cm³/mol. The summed E-state index contributed by atoms with van der Waals surface area (Å²) in [5.74, 6) is 0.664. The van der Waals surface area contributed by atoms with E-state index in [1.807, 2.05) is 24.3 Å². The fraction of sp³-hybridized carbons (Fsp3) is 0.174. The molecule has 2 aromatic carbocycles. The Morgan fingerprint density at radius 1 is 1.16 bits per heavy atom. The molecule has 0 saturated carbocycles. The van der Waals surface area contributed by atoms with Crippen LogP contribution in [0.5, 0.6) is 11.5 Å². The molecule has 0 radical (unpaired) electrons. The number of nitrogens with zero attached hydrogens (tertiary/aromatic N) is 2. The zero-order chi connectivity index (χ0) is 21.4. The molecule has 5 rings (SSSR count). The minimum Gasteiger partial charge on any atom is -0.486 e. The van der Waals surface area contributed by atoms with Crippen LogP contribution in [0.1, 0.15) is 16.1 Å². The van der Waals surface area contributed by atoms with Gasteiger partial charge in [-0.2, -0.15) is 0 Å². The molecule has 31 heavy (non-hydrogen) atoms. The molecule has 3 heterocycles. The van der Waals surface area contributed by atoms with Crippen LogP contribution in [-0.2, 0) is 0 Å². The van der Waals surface area contributed by atoms with Crippen molar-refractivity contribution in [2.75, 3.05) is 13.2 Å². The van der Waals surface area contributed by atoms with Crippen molar-refractivity contribution >= 4 is 17.0 Å². The number of nitrogens with one attached hydrogen (secondary N) is 1. The number of halogens is 1. The summed E-state index contributed by atoms with van der Waals surface area (Å²) in [4.78, 5) is 17.5. The molecule has 7 nitrogen and oxygen atoms in total. The lowest BCUT2D eigenvalue weighted by Crippen LogP contribution is -2.40. The quantitative estimate of drug-likeness (QED) is 0.540. The normalized spacial score (nSPS) is 15.1. The molecule has 0 unspecified atom stereocenters. The number of amides is 1. The molecule has 8 heteroatoms. The van der Waals surface area contributed by atoms with Crippen molar-refractivity contribution in [3.63, 3.8) is 0 Å². The lowest BCUT2D eigenvalue weighted by atomic mass is 10.0. The molecule has 1 amide bonds. The van der Waals surface area contributed by atoms with Crippen molar-refractivity contribution in [3.05, 3.63) is 71.7 Å². The Morgan fingerprint density at radius 3 is 2.74 bits per heavy atom. The summed E-state index contributed by atoms with van der Waals surface area (Å²) in [5, 5.41) is 7.37. The first-order chi connectivity index (χ1) is 15.1. The summed E-state index contributed by atoms with van der Waals surface area (Å²) < 4.78 is 30.2. The second-order valence-electron chi connectivity index (χ2n) is 7.22. The fourth-order valence-corrected chi connectivity index (χ4v) is 3.51. The Morgan fingerprint density at radius 2 is 1.94 bits per heavy atom. The summed E-state index contributed by atoms with van der Waals surface area (Å²) in [5.41, 5.74) is 2.33. The highest BCUT2D eigenvalue weighted by molar-refractivity contribution is 6.07. The summed E-state index contributed by atoms with van der Waals surface area (Å²) in [7, 11) is 0. The van der Waals surface area contributed by atoms with E-state index in [1.54, 1.807) is 25.1 Å². The van der Waals surface area contributed by atoms with Gasteiger partial charge < -0.3 is 19.3 Å². The fourth-order valence-electron chi connectivity index (χ4n) is 3.51. The van der Waals surface area contributed by atoms with E-state index in [9.17, 15) is 9.18 Å². The third kappa shape index (κ3) is 3.68. The minimum atomic E-state index is -0.352. The topological polar surface area (TPSA) is 86.5 Å². The standard InChI is InChI=1S/C23H18FN3O4/c1-13-21-17(10-18(26-23(21)31-27-13)14-6-8-15(24)9-7-14)22(28)25-11-16-12-29-19-4-2-3-5-20(19)30-16/h2-10,16H,11-12H2,1H3,(H,25,28)/t16-/m1/s1. The van der Waals surface area contributed by atoms with Gasteiger partial charge in [0, 0.05) is 5.56 Å². The van der Waals surface area contributed by atoms with Crippen molar-refractivity contribution in [1.82, 2.24) is 15.5 Å². The van der Waals surface area contributed by atoms with Crippen LogP contribution in [0.2, 0.25) is 0 Å². The van der Waals surface area contributed by atoms with Crippen LogP contribution in [-0.4, -0.2) is 35.3 Å². The van der Waals surface area contributed by atoms with Gasteiger partial charge in [0.05, 0.1) is 28.9 Å². The first-order valence-electron chi connectivity index (χ1n) is 9.78. The molecule has 0 aliphatic carbocycles. The highest BCUT2D eigenvalue weighted by Crippen LogP contribution is 2.31. The minimum absolute atomic E-state index is 0.246. The summed E-state index contributed by atoms with van der Waals surface area (Å²) >= 11 is 0. The monoisotopic (exact) mass is 419 g/mol. The molecule has 1 aliphatic rings. The van der Waals surface area contributed by atoms with E-state index < -0.39 is 0 Å². The summed E-state index contributed by atoms with van der Waals surface area (Å²) in [6.45, 7) is 2.33. The summed E-state index contributed by atoms with van der Waals surface area (Å²) in [6, 6.07) is 14.9. The average Bonchev–Trinajstić information content (AvgIpc) is 3.18. The molecule has 0 fully saturated rings. The molecule has 0 spiro atoms. The third-order valence-electron chi connectivity index (χ3n) is 5.06. The molecule has 2 aromatic heterocycles. The van der Waals surface area contributed by atoms with E-state index in [2.05, 4.69) is 15.5 Å². The number of aryl methyl sites for hydroxylation is 1. The predicted octanol–water partition coefficient (Wildman–Crippen LogP) is 3.91. The Bertz CT molecular complexity index is 1270. The van der Waals surface area contributed by atoms with Gasteiger partial charge in [0.2, 0.25) is 0 Å². The van der Waals surface area contributed by atoms with Crippen LogP contribution >= 0.6 is 0 Å². The number of aromatic nitrogens is 2. The van der Waals surface area contributed by atoms with Crippen LogP contribution in [0.15, 0.2) is 59.1 Å². The van der Waals surface area contributed by atoms with Gasteiger partial charge in [0.1, 0.15) is 18.5 Å². The molecular formula is C23H18FN3O4. The van der Waals surface area contributed by atoms with Crippen LogP contribution < -0.4 is 14.8 Å². The molecule has 156 valence electrons. The van der Waals surface area contributed by atoms with Crippen molar-refractivity contribution < 1.29 is 23.2 Å². The van der Waals surface area contributed by atoms with E-state index in [4.69, 9.17) is 14.0 Å². The lowest BCUT2D eigenvalue weighted by molar-refractivity contribution is 0.0790. The number of hydrogen-bond acceptors (Lipinski definition) is 6. The Labute approximate surface area is 176 Å².